The van der Waals surface area contributed by atoms with Crippen molar-refractivity contribution in [1.82, 2.24) is 14.5 Å². The first-order chi connectivity index (χ1) is 14.6. The van der Waals surface area contributed by atoms with Gasteiger partial charge in [0.05, 0.1) is 28.0 Å². The third-order valence-electron chi connectivity index (χ3n) is 6.62. The molecule has 1 aromatic heterocycles. The highest BCUT2D eigenvalue weighted by molar-refractivity contribution is 6.34. The predicted octanol–water partition coefficient (Wildman–Crippen LogP) is 5.09. The fourth-order valence-electron chi connectivity index (χ4n) is 5.13. The van der Waals surface area contributed by atoms with Crippen molar-refractivity contribution in [3.05, 3.63) is 46.5 Å². The Balaban J connectivity index is 1.53. The molecule has 2 aromatic rings. The van der Waals surface area contributed by atoms with Gasteiger partial charge >= 0.3 is 5.97 Å². The minimum absolute atomic E-state index is 0.0519. The van der Waals surface area contributed by atoms with Gasteiger partial charge in [-0.15, -0.1) is 0 Å². The number of ether oxygens (including phenoxy) is 1. The molecule has 0 spiro atoms. The molecule has 158 valence electrons. The highest BCUT2D eigenvalue weighted by atomic mass is 35.5. The van der Waals surface area contributed by atoms with Gasteiger partial charge in [0.1, 0.15) is 12.4 Å². The topological polar surface area (TPSA) is 64.4 Å². The number of carbonyl (C=O) groups is 2. The summed E-state index contributed by atoms with van der Waals surface area (Å²) in [6.45, 7) is 0.649. The van der Waals surface area contributed by atoms with E-state index >= 15 is 0 Å². The molecule has 30 heavy (non-hydrogen) atoms. The van der Waals surface area contributed by atoms with Crippen molar-refractivity contribution in [2.45, 2.75) is 69.9 Å². The summed E-state index contributed by atoms with van der Waals surface area (Å²) in [6, 6.07) is 5.22. The van der Waals surface area contributed by atoms with Crippen LogP contribution in [-0.4, -0.2) is 39.0 Å². The van der Waals surface area contributed by atoms with Crippen LogP contribution in [0.5, 0.6) is 0 Å². The molecule has 3 heterocycles. The highest BCUT2D eigenvalue weighted by Gasteiger charge is 2.41. The van der Waals surface area contributed by atoms with Crippen molar-refractivity contribution < 1.29 is 14.3 Å². The number of rotatable bonds is 2. The summed E-state index contributed by atoms with van der Waals surface area (Å²) in [7, 11) is 0. The molecule has 0 unspecified atom stereocenters. The molecule has 7 heteroatoms. The summed E-state index contributed by atoms with van der Waals surface area (Å²) in [5, 5.41) is 0.420. The van der Waals surface area contributed by atoms with Crippen LogP contribution in [0.15, 0.2) is 24.5 Å². The second kappa shape index (κ2) is 8.06. The minimum atomic E-state index is -0.376. The number of nitrogens with zero attached hydrogens (tertiary/aromatic N) is 3. The standard InChI is InChI=1S/C23H26ClN3O3/c24-16-10-6-11-17-19(16)22(28)26-13-7-12-18(26)21-20(25-14-27(17)21)23(29)30-15-8-4-2-1-3-5-9-15/h6,10-11,14-15,18H,1-5,7-9,12-13H2/t18-/m0/s1. The number of halogens is 1. The summed E-state index contributed by atoms with van der Waals surface area (Å²) in [5.74, 6) is -0.458. The number of aromatic nitrogens is 2. The van der Waals surface area contributed by atoms with Gasteiger partial charge in [-0.25, -0.2) is 9.78 Å². The Hall–Kier alpha value is -2.34. The monoisotopic (exact) mass is 427 g/mol. The third kappa shape index (κ3) is 3.31. The van der Waals surface area contributed by atoms with Gasteiger partial charge in [0.25, 0.3) is 5.91 Å². The first-order valence-corrected chi connectivity index (χ1v) is 11.4. The summed E-state index contributed by atoms with van der Waals surface area (Å²) in [4.78, 5) is 32.7. The maximum atomic E-state index is 13.3. The maximum Gasteiger partial charge on any atom is 0.359 e. The van der Waals surface area contributed by atoms with E-state index in [4.69, 9.17) is 16.3 Å². The molecule has 5 rings (SSSR count). The molecule has 1 saturated carbocycles. The van der Waals surface area contributed by atoms with Gasteiger partial charge in [-0.2, -0.15) is 0 Å². The van der Waals surface area contributed by atoms with Gasteiger partial charge in [0.2, 0.25) is 0 Å². The highest BCUT2D eigenvalue weighted by Crippen LogP contribution is 2.41. The van der Waals surface area contributed by atoms with E-state index < -0.39 is 0 Å². The van der Waals surface area contributed by atoms with Crippen LogP contribution in [0.25, 0.3) is 5.69 Å². The van der Waals surface area contributed by atoms with Crippen LogP contribution in [-0.2, 0) is 4.74 Å². The summed E-state index contributed by atoms with van der Waals surface area (Å²) < 4.78 is 7.79. The predicted molar refractivity (Wildman–Crippen MR) is 113 cm³/mol. The molecule has 0 radical (unpaired) electrons. The molecule has 1 amide bonds. The van der Waals surface area contributed by atoms with E-state index in [1.807, 2.05) is 21.6 Å². The van der Waals surface area contributed by atoms with E-state index in [1.54, 1.807) is 12.4 Å². The second-order valence-electron chi connectivity index (χ2n) is 8.51. The van der Waals surface area contributed by atoms with Crippen LogP contribution >= 0.6 is 11.6 Å². The molecule has 6 nitrogen and oxygen atoms in total. The van der Waals surface area contributed by atoms with Crippen molar-refractivity contribution in [1.29, 1.82) is 0 Å². The van der Waals surface area contributed by atoms with Gasteiger partial charge < -0.3 is 9.64 Å². The zero-order valence-corrected chi connectivity index (χ0v) is 17.7. The summed E-state index contributed by atoms with van der Waals surface area (Å²) in [6.07, 6.45) is 10.9. The van der Waals surface area contributed by atoms with E-state index in [-0.39, 0.29) is 24.0 Å². The molecular weight excluding hydrogens is 402 g/mol. The van der Waals surface area contributed by atoms with Gasteiger partial charge in [-0.05, 0) is 50.7 Å². The number of benzene rings is 1. The normalized spacial score (nSPS) is 21.8. The van der Waals surface area contributed by atoms with Gasteiger partial charge in [-0.1, -0.05) is 36.9 Å². The molecule has 2 fully saturated rings. The molecule has 0 N–H and O–H groups in total. The van der Waals surface area contributed by atoms with Crippen LogP contribution in [0.3, 0.4) is 0 Å². The lowest BCUT2D eigenvalue weighted by atomic mass is 9.98. The molecule has 2 aliphatic heterocycles. The Bertz CT molecular complexity index is 978. The number of hydrogen-bond acceptors (Lipinski definition) is 4. The van der Waals surface area contributed by atoms with Gasteiger partial charge in [0.15, 0.2) is 5.69 Å². The van der Waals surface area contributed by atoms with E-state index in [0.717, 1.165) is 44.2 Å². The molecule has 0 bridgehead atoms. The van der Waals surface area contributed by atoms with Crippen LogP contribution in [0.1, 0.15) is 90.4 Å². The Labute approximate surface area is 181 Å². The minimum Gasteiger partial charge on any atom is -0.458 e. The number of imidazole rings is 1. The fraction of sp³-hybridized carbons (Fsp3) is 0.522. The molecule has 1 atom stereocenters. The average Bonchev–Trinajstić information content (AvgIpc) is 3.34. The number of amides is 1. The Kier molecular flexibility index (Phi) is 5.27. The van der Waals surface area contributed by atoms with Crippen LogP contribution < -0.4 is 0 Å². The lowest BCUT2D eigenvalue weighted by molar-refractivity contribution is 0.0228. The first kappa shape index (κ1) is 19.6. The Morgan fingerprint density at radius 1 is 1.07 bits per heavy atom. The largest absolute Gasteiger partial charge is 0.458 e. The third-order valence-corrected chi connectivity index (χ3v) is 6.93. The van der Waals surface area contributed by atoms with Crippen molar-refractivity contribution in [3.63, 3.8) is 0 Å². The van der Waals surface area contributed by atoms with E-state index in [0.29, 0.717) is 28.5 Å². The summed E-state index contributed by atoms with van der Waals surface area (Å²) >= 11 is 6.42. The maximum absolute atomic E-state index is 13.3. The Morgan fingerprint density at radius 2 is 1.83 bits per heavy atom. The van der Waals surface area contributed by atoms with Crippen LogP contribution in [0, 0.1) is 0 Å². The van der Waals surface area contributed by atoms with Gasteiger partial charge in [0, 0.05) is 6.54 Å². The Morgan fingerprint density at radius 3 is 2.63 bits per heavy atom. The number of fused-ring (bicyclic) bond motifs is 5. The molecule has 1 saturated heterocycles. The smallest absolute Gasteiger partial charge is 0.359 e. The number of hydrogen-bond donors (Lipinski definition) is 0. The second-order valence-corrected chi connectivity index (χ2v) is 8.92. The van der Waals surface area contributed by atoms with E-state index in [1.165, 1.54) is 19.3 Å². The van der Waals surface area contributed by atoms with Gasteiger partial charge in [-0.3, -0.25) is 9.36 Å². The molecular formula is C23H26ClN3O3. The molecule has 1 aliphatic carbocycles. The first-order valence-electron chi connectivity index (χ1n) is 11.0. The average molecular weight is 428 g/mol. The quantitative estimate of drug-likeness (QED) is 0.626. The van der Waals surface area contributed by atoms with Crippen molar-refractivity contribution in [2.75, 3.05) is 6.54 Å². The van der Waals surface area contributed by atoms with Crippen molar-refractivity contribution >= 4 is 23.5 Å². The van der Waals surface area contributed by atoms with Crippen LogP contribution in [0.4, 0.5) is 0 Å². The zero-order chi connectivity index (χ0) is 20.7. The lowest BCUT2D eigenvalue weighted by Gasteiger charge is -2.24. The lowest BCUT2D eigenvalue weighted by Crippen LogP contribution is -2.30. The van der Waals surface area contributed by atoms with E-state index in [2.05, 4.69) is 4.98 Å². The zero-order valence-electron chi connectivity index (χ0n) is 17.0. The van der Waals surface area contributed by atoms with E-state index in [9.17, 15) is 9.59 Å². The number of carbonyl (C=O) groups excluding carboxylic acids is 2. The fourth-order valence-corrected chi connectivity index (χ4v) is 5.38. The molecule has 3 aliphatic rings. The van der Waals surface area contributed by atoms with Crippen molar-refractivity contribution in [2.24, 2.45) is 0 Å². The number of esters is 1. The van der Waals surface area contributed by atoms with Crippen LogP contribution in [0.2, 0.25) is 5.02 Å². The summed E-state index contributed by atoms with van der Waals surface area (Å²) in [5.41, 5.74) is 2.23. The van der Waals surface area contributed by atoms with Crippen molar-refractivity contribution in [3.8, 4) is 5.69 Å². The SMILES string of the molecule is O=C(OC1CCCCCCC1)c1ncn2c1[C@@H]1CCCN1C(=O)c1c(Cl)cccc1-2. The molecule has 1 aromatic carbocycles.